The van der Waals surface area contributed by atoms with E-state index in [1.165, 1.54) is 23.5 Å². The van der Waals surface area contributed by atoms with Gasteiger partial charge < -0.3 is 4.90 Å². The minimum absolute atomic E-state index is 0.0192. The van der Waals surface area contributed by atoms with Gasteiger partial charge in [-0.3, -0.25) is 4.79 Å². The van der Waals surface area contributed by atoms with E-state index in [0.717, 1.165) is 6.26 Å². The monoisotopic (exact) mass is 478 g/mol. The van der Waals surface area contributed by atoms with E-state index >= 15 is 0 Å². The quantitative estimate of drug-likeness (QED) is 0.571. The highest BCUT2D eigenvalue weighted by Gasteiger charge is 2.23. The van der Waals surface area contributed by atoms with Crippen molar-refractivity contribution in [3.63, 3.8) is 0 Å². The first-order valence-corrected chi connectivity index (χ1v) is 11.9. The van der Waals surface area contributed by atoms with Crippen molar-refractivity contribution in [2.75, 3.05) is 11.2 Å². The minimum Gasteiger partial charge on any atom is -0.313 e. The summed E-state index contributed by atoms with van der Waals surface area (Å²) in [5, 5.41) is 9.68. The van der Waals surface area contributed by atoms with Crippen molar-refractivity contribution >= 4 is 49.7 Å². The molecule has 0 aliphatic carbocycles. The number of hydrogen-bond acceptors (Lipinski definition) is 7. The fraction of sp³-hybridized carbons (Fsp3) is 0.150. The summed E-state index contributed by atoms with van der Waals surface area (Å²) in [6.07, 6.45) is 0.882. The molecule has 0 spiro atoms. The number of aryl methyl sites for hydroxylation is 1. The number of carbonyl (C=O) groups excluding carboxylic acids is 1. The third kappa shape index (κ3) is 5.58. The molecule has 0 aliphatic rings. The number of anilines is 2. The molecule has 1 heterocycles. The van der Waals surface area contributed by atoms with Crippen LogP contribution in [0.1, 0.15) is 26.5 Å². The second-order valence-corrected chi connectivity index (χ2v) is 9.92. The molecule has 0 bridgehead atoms. The Morgan fingerprint density at radius 1 is 1.29 bits per heavy atom. The molecule has 1 aromatic heterocycles. The summed E-state index contributed by atoms with van der Waals surface area (Å²) in [6, 6.07) is 12.8. The van der Waals surface area contributed by atoms with Crippen LogP contribution < -0.4 is 9.62 Å². The number of aromatic nitrogens is 1. The van der Waals surface area contributed by atoms with Crippen LogP contribution in [-0.2, 0) is 16.6 Å². The molecule has 7 nitrogen and oxygen atoms in total. The average molecular weight is 479 g/mol. The van der Waals surface area contributed by atoms with E-state index in [0.29, 0.717) is 26.8 Å². The average Bonchev–Trinajstić information content (AvgIpc) is 3.08. The lowest BCUT2D eigenvalue weighted by atomic mass is 10.1. The third-order valence-corrected chi connectivity index (χ3v) is 6.06. The van der Waals surface area contributed by atoms with Gasteiger partial charge in [0.2, 0.25) is 10.0 Å². The van der Waals surface area contributed by atoms with E-state index in [1.54, 1.807) is 42.2 Å². The number of nitrogens with zero attached hydrogens (tertiary/aromatic N) is 3. The van der Waals surface area contributed by atoms with E-state index in [-0.39, 0.29) is 17.3 Å². The van der Waals surface area contributed by atoms with Crippen LogP contribution in [0.3, 0.4) is 0 Å². The Morgan fingerprint density at radius 2 is 1.97 bits per heavy atom. The maximum absolute atomic E-state index is 13.5. The Hall–Kier alpha value is -3.00. The van der Waals surface area contributed by atoms with Crippen LogP contribution in [-0.4, -0.2) is 25.6 Å². The molecule has 31 heavy (non-hydrogen) atoms. The van der Waals surface area contributed by atoms with E-state index in [1.807, 2.05) is 10.8 Å². The van der Waals surface area contributed by atoms with Crippen molar-refractivity contribution in [3.8, 4) is 6.07 Å². The number of sulfonamides is 1. The van der Waals surface area contributed by atoms with Gasteiger partial charge in [-0.05, 0) is 48.9 Å². The summed E-state index contributed by atoms with van der Waals surface area (Å²) in [5.74, 6) is -1.30. The van der Waals surface area contributed by atoms with E-state index in [2.05, 4.69) is 4.98 Å². The third-order valence-electron chi connectivity index (χ3n) is 4.16. The molecule has 3 rings (SSSR count). The van der Waals surface area contributed by atoms with Crippen LogP contribution in [0.25, 0.3) is 0 Å². The van der Waals surface area contributed by atoms with Crippen LogP contribution in [0, 0.1) is 24.1 Å². The van der Waals surface area contributed by atoms with Gasteiger partial charge in [0, 0.05) is 15.6 Å². The molecular formula is C20H16ClFN4O3S2. The van der Waals surface area contributed by atoms with Gasteiger partial charge in [-0.2, -0.15) is 5.26 Å². The number of benzene rings is 2. The van der Waals surface area contributed by atoms with E-state index in [4.69, 9.17) is 16.9 Å². The van der Waals surface area contributed by atoms with Crippen LogP contribution in [0.5, 0.6) is 0 Å². The molecule has 1 N–H and O–H groups in total. The van der Waals surface area contributed by atoms with Crippen LogP contribution >= 0.6 is 22.9 Å². The number of rotatable bonds is 6. The molecule has 1 amide bonds. The lowest BCUT2D eigenvalue weighted by Crippen LogP contribution is -2.30. The summed E-state index contributed by atoms with van der Waals surface area (Å²) >= 11 is 7.39. The van der Waals surface area contributed by atoms with Crippen LogP contribution in [0.2, 0.25) is 5.02 Å². The van der Waals surface area contributed by atoms with Crippen molar-refractivity contribution in [1.82, 2.24) is 9.71 Å². The normalized spacial score (nSPS) is 11.1. The molecule has 0 fully saturated rings. The van der Waals surface area contributed by atoms with Gasteiger partial charge in [0.05, 0.1) is 24.4 Å². The summed E-state index contributed by atoms with van der Waals surface area (Å²) in [4.78, 5) is 18.9. The predicted octanol–water partition coefficient (Wildman–Crippen LogP) is 4.14. The SMILES string of the molecule is Cc1sc(N(Cc2ccc(F)cc2Cl)c2ccc(C#N)cc2)nc1C(=O)NS(C)(=O)=O. The van der Waals surface area contributed by atoms with E-state index in [9.17, 15) is 17.6 Å². The number of carbonyl (C=O) groups is 1. The topological polar surface area (TPSA) is 103 Å². The van der Waals surface area contributed by atoms with Gasteiger partial charge in [-0.1, -0.05) is 17.7 Å². The molecule has 0 saturated carbocycles. The number of halogens is 2. The first-order chi connectivity index (χ1) is 14.6. The fourth-order valence-electron chi connectivity index (χ4n) is 2.73. The highest BCUT2D eigenvalue weighted by molar-refractivity contribution is 7.89. The Kier molecular flexibility index (Phi) is 6.59. The van der Waals surface area contributed by atoms with Crippen molar-refractivity contribution in [1.29, 1.82) is 5.26 Å². The Bertz CT molecular complexity index is 1280. The fourth-order valence-corrected chi connectivity index (χ4v) is 4.32. The molecule has 11 heteroatoms. The van der Waals surface area contributed by atoms with Gasteiger partial charge in [-0.15, -0.1) is 11.3 Å². The molecular weight excluding hydrogens is 463 g/mol. The molecule has 0 atom stereocenters. The Balaban J connectivity index is 2.04. The molecule has 3 aromatic rings. The van der Waals surface area contributed by atoms with Gasteiger partial charge in [-0.25, -0.2) is 22.5 Å². The summed E-state index contributed by atoms with van der Waals surface area (Å²) in [7, 11) is -3.75. The lowest BCUT2D eigenvalue weighted by molar-refractivity contribution is 0.0977. The minimum atomic E-state index is -3.75. The molecule has 0 aliphatic heterocycles. The summed E-state index contributed by atoms with van der Waals surface area (Å²) < 4.78 is 38.2. The van der Waals surface area contributed by atoms with Gasteiger partial charge in [0.25, 0.3) is 5.91 Å². The molecule has 0 saturated heterocycles. The second kappa shape index (κ2) is 9.01. The summed E-state index contributed by atoms with van der Waals surface area (Å²) in [6.45, 7) is 1.85. The molecule has 0 radical (unpaired) electrons. The second-order valence-electron chi connectivity index (χ2n) is 6.59. The van der Waals surface area contributed by atoms with Crippen LogP contribution in [0.4, 0.5) is 15.2 Å². The zero-order valence-electron chi connectivity index (χ0n) is 16.4. The number of hydrogen-bond donors (Lipinski definition) is 1. The van der Waals surface area contributed by atoms with Crippen molar-refractivity contribution in [2.45, 2.75) is 13.5 Å². The highest BCUT2D eigenvalue weighted by atomic mass is 35.5. The maximum Gasteiger partial charge on any atom is 0.284 e. The predicted molar refractivity (Wildman–Crippen MR) is 118 cm³/mol. The first-order valence-electron chi connectivity index (χ1n) is 8.78. The molecule has 0 unspecified atom stereocenters. The number of nitrogens with one attached hydrogen (secondary N) is 1. The smallest absolute Gasteiger partial charge is 0.284 e. The van der Waals surface area contributed by atoms with E-state index < -0.39 is 21.7 Å². The number of thiazole rings is 1. The Labute approximate surface area is 187 Å². The number of nitriles is 1. The van der Waals surface area contributed by atoms with Gasteiger partial charge in [0.15, 0.2) is 5.13 Å². The molecule has 2 aromatic carbocycles. The lowest BCUT2D eigenvalue weighted by Gasteiger charge is -2.23. The van der Waals surface area contributed by atoms with Crippen molar-refractivity contribution in [3.05, 3.63) is 75.0 Å². The zero-order chi connectivity index (χ0) is 22.8. The zero-order valence-corrected chi connectivity index (χ0v) is 18.8. The van der Waals surface area contributed by atoms with Gasteiger partial charge >= 0.3 is 0 Å². The molecule has 160 valence electrons. The highest BCUT2D eigenvalue weighted by Crippen LogP contribution is 2.34. The first kappa shape index (κ1) is 22.7. The Morgan fingerprint density at radius 3 is 2.55 bits per heavy atom. The van der Waals surface area contributed by atoms with Crippen molar-refractivity contribution < 1.29 is 17.6 Å². The largest absolute Gasteiger partial charge is 0.313 e. The maximum atomic E-state index is 13.5. The van der Waals surface area contributed by atoms with Gasteiger partial charge in [0.1, 0.15) is 11.5 Å². The van der Waals surface area contributed by atoms with Crippen LogP contribution in [0.15, 0.2) is 42.5 Å². The number of amides is 1. The summed E-state index contributed by atoms with van der Waals surface area (Å²) in [5.41, 5.74) is 1.71. The standard InChI is InChI=1S/C20H16ClFN4O3S2/c1-12-18(19(27)25-31(2,28)29)24-20(30-12)26(16-7-3-13(10-23)4-8-16)11-14-5-6-15(22)9-17(14)21/h3-9H,11H2,1-2H3,(H,25,27). The van der Waals surface area contributed by atoms with Crippen molar-refractivity contribution in [2.24, 2.45) is 0 Å².